The van der Waals surface area contributed by atoms with Gasteiger partial charge in [-0.1, -0.05) is 6.58 Å². The molecule has 1 heterocycles. The largest absolute Gasteiger partial charge is 0.335 e. The predicted molar refractivity (Wildman–Crippen MR) is 46.9 cm³/mol. The lowest BCUT2D eigenvalue weighted by molar-refractivity contribution is 0.0963. The molecular formula is C8H8N2O3. The van der Waals surface area contributed by atoms with Crippen LogP contribution in [-0.4, -0.2) is 15.5 Å². The molecule has 5 nitrogen and oxygen atoms in total. The lowest BCUT2D eigenvalue weighted by Crippen LogP contribution is -2.33. The van der Waals surface area contributed by atoms with Gasteiger partial charge in [0.2, 0.25) is 0 Å². The fourth-order valence-electron chi connectivity index (χ4n) is 0.829. The minimum Gasteiger partial charge on any atom is -0.273 e. The fraction of sp³-hybridized carbons (Fsp3) is 0.125. The lowest BCUT2D eigenvalue weighted by atomic mass is 10.4. The van der Waals surface area contributed by atoms with Crippen LogP contribution in [0.2, 0.25) is 0 Å². The van der Waals surface area contributed by atoms with Gasteiger partial charge < -0.3 is 0 Å². The normalized spacial score (nSPS) is 9.62. The number of aryl methyl sites for hydroxylation is 1. The van der Waals surface area contributed by atoms with Crippen molar-refractivity contribution in [1.29, 1.82) is 0 Å². The molecule has 0 aliphatic carbocycles. The van der Waals surface area contributed by atoms with Crippen LogP contribution < -0.4 is 11.2 Å². The molecule has 0 radical (unpaired) electrons. The minimum atomic E-state index is -0.750. The third-order valence-corrected chi connectivity index (χ3v) is 1.53. The summed E-state index contributed by atoms with van der Waals surface area (Å²) in [5.41, 5.74) is -0.937. The van der Waals surface area contributed by atoms with Gasteiger partial charge in [-0.2, -0.15) is 0 Å². The first kappa shape index (κ1) is 9.18. The Labute approximate surface area is 73.3 Å². The molecule has 0 aliphatic rings. The lowest BCUT2D eigenvalue weighted by Gasteiger charge is -1.99. The zero-order valence-corrected chi connectivity index (χ0v) is 7.03. The van der Waals surface area contributed by atoms with Crippen molar-refractivity contribution in [3.05, 3.63) is 45.3 Å². The Balaban J connectivity index is 3.49. The molecule has 1 aromatic rings. The Bertz CT molecular complexity index is 467. The summed E-state index contributed by atoms with van der Waals surface area (Å²) in [7, 11) is 0. The second kappa shape index (κ2) is 3.22. The summed E-state index contributed by atoms with van der Waals surface area (Å²) in [4.78, 5) is 35.0. The first-order valence-electron chi connectivity index (χ1n) is 3.55. The number of rotatable bonds is 1. The maximum absolute atomic E-state index is 11.0. The van der Waals surface area contributed by atoms with Crippen LogP contribution >= 0.6 is 0 Å². The Morgan fingerprint density at radius 2 is 2.23 bits per heavy atom. The average Bonchev–Trinajstić information content (AvgIpc) is 2.10. The molecule has 0 aromatic carbocycles. The van der Waals surface area contributed by atoms with Crippen molar-refractivity contribution < 1.29 is 4.79 Å². The van der Waals surface area contributed by atoms with Crippen LogP contribution in [0.15, 0.2) is 28.4 Å². The number of nitrogens with zero attached hydrogens (tertiary/aromatic N) is 1. The maximum atomic E-state index is 11.0. The van der Waals surface area contributed by atoms with Crippen LogP contribution in [0.1, 0.15) is 10.4 Å². The second-order valence-electron chi connectivity index (χ2n) is 2.48. The van der Waals surface area contributed by atoms with E-state index in [4.69, 9.17) is 0 Å². The molecular weight excluding hydrogens is 172 g/mol. The van der Waals surface area contributed by atoms with Crippen LogP contribution in [0.25, 0.3) is 0 Å². The van der Waals surface area contributed by atoms with Crippen LogP contribution in [0, 0.1) is 6.92 Å². The first-order valence-corrected chi connectivity index (χ1v) is 3.55. The van der Waals surface area contributed by atoms with Crippen LogP contribution in [-0.2, 0) is 0 Å². The van der Waals surface area contributed by atoms with E-state index in [-0.39, 0.29) is 0 Å². The zero-order chi connectivity index (χ0) is 10.0. The molecule has 5 heteroatoms. The number of allylic oxidation sites excluding steroid dienone is 1. The van der Waals surface area contributed by atoms with Crippen molar-refractivity contribution in [2.24, 2.45) is 0 Å². The van der Waals surface area contributed by atoms with Gasteiger partial charge in [0.1, 0.15) is 0 Å². The van der Waals surface area contributed by atoms with Gasteiger partial charge in [0.05, 0.1) is 0 Å². The standard InChI is InChI=1S/C8H8N2O3/c1-3-6(11)10-4-5(2)7(12)9-8(10)13/h3-4H,1H2,2H3,(H,9,12,13). The van der Waals surface area contributed by atoms with Crippen molar-refractivity contribution in [2.45, 2.75) is 6.92 Å². The SMILES string of the molecule is C=CC(=O)n1cc(C)c(=O)[nH]c1=O. The molecule has 0 atom stereocenters. The highest BCUT2D eigenvalue weighted by atomic mass is 16.2. The number of aromatic nitrogens is 2. The molecule has 1 aromatic heterocycles. The highest BCUT2D eigenvalue weighted by Crippen LogP contribution is 1.84. The summed E-state index contributed by atoms with van der Waals surface area (Å²) < 4.78 is 0.795. The van der Waals surface area contributed by atoms with Gasteiger partial charge in [0.15, 0.2) is 0 Å². The van der Waals surface area contributed by atoms with Crippen molar-refractivity contribution in [2.75, 3.05) is 0 Å². The highest BCUT2D eigenvalue weighted by molar-refractivity contribution is 5.88. The van der Waals surface area contributed by atoms with Crippen LogP contribution in [0.3, 0.4) is 0 Å². The second-order valence-corrected chi connectivity index (χ2v) is 2.48. The van der Waals surface area contributed by atoms with E-state index in [9.17, 15) is 14.4 Å². The molecule has 0 saturated carbocycles. The van der Waals surface area contributed by atoms with E-state index in [1.54, 1.807) is 0 Å². The number of carbonyl (C=O) groups excluding carboxylic acids is 1. The third-order valence-electron chi connectivity index (χ3n) is 1.53. The number of carbonyl (C=O) groups is 1. The Kier molecular flexibility index (Phi) is 2.27. The zero-order valence-electron chi connectivity index (χ0n) is 7.03. The molecule has 0 fully saturated rings. The predicted octanol–water partition coefficient (Wildman–Crippen LogP) is -0.329. The summed E-state index contributed by atoms with van der Waals surface area (Å²) in [6, 6.07) is 0. The van der Waals surface area contributed by atoms with E-state index in [0.29, 0.717) is 5.56 Å². The average molecular weight is 180 g/mol. The van der Waals surface area contributed by atoms with Crippen LogP contribution in [0.5, 0.6) is 0 Å². The van der Waals surface area contributed by atoms with E-state index in [0.717, 1.165) is 10.6 Å². The summed E-state index contributed by atoms with van der Waals surface area (Å²) in [6.45, 7) is 4.73. The van der Waals surface area contributed by atoms with Gasteiger partial charge in [-0.3, -0.25) is 14.6 Å². The Morgan fingerprint density at radius 3 is 2.77 bits per heavy atom. The van der Waals surface area contributed by atoms with E-state index in [2.05, 4.69) is 6.58 Å². The summed E-state index contributed by atoms with van der Waals surface area (Å²) in [5.74, 6) is -0.565. The van der Waals surface area contributed by atoms with Crippen molar-refractivity contribution in [1.82, 2.24) is 9.55 Å². The number of aromatic amines is 1. The smallest absolute Gasteiger partial charge is 0.273 e. The number of hydrogen-bond acceptors (Lipinski definition) is 3. The molecule has 13 heavy (non-hydrogen) atoms. The minimum absolute atomic E-state index is 0.301. The van der Waals surface area contributed by atoms with E-state index in [1.807, 2.05) is 4.98 Å². The molecule has 68 valence electrons. The molecule has 1 rings (SSSR count). The third kappa shape index (κ3) is 1.64. The van der Waals surface area contributed by atoms with Gasteiger partial charge in [0.25, 0.3) is 11.5 Å². The molecule has 0 aliphatic heterocycles. The van der Waals surface area contributed by atoms with Crippen molar-refractivity contribution in [3.63, 3.8) is 0 Å². The number of H-pyrrole nitrogens is 1. The maximum Gasteiger partial charge on any atom is 0.335 e. The summed E-state index contributed by atoms with van der Waals surface area (Å²) in [6.07, 6.45) is 2.18. The number of nitrogens with one attached hydrogen (secondary N) is 1. The van der Waals surface area contributed by atoms with E-state index < -0.39 is 17.2 Å². The fourth-order valence-corrected chi connectivity index (χ4v) is 0.829. The summed E-state index contributed by atoms with van der Waals surface area (Å²) in [5, 5.41) is 0. The quantitative estimate of drug-likeness (QED) is 0.601. The Hall–Kier alpha value is -1.91. The summed E-state index contributed by atoms with van der Waals surface area (Å²) >= 11 is 0. The van der Waals surface area contributed by atoms with Gasteiger partial charge in [-0.05, 0) is 13.0 Å². The van der Waals surface area contributed by atoms with Crippen LogP contribution in [0.4, 0.5) is 0 Å². The van der Waals surface area contributed by atoms with Gasteiger partial charge >= 0.3 is 5.69 Å². The molecule has 1 N–H and O–H groups in total. The van der Waals surface area contributed by atoms with E-state index >= 15 is 0 Å². The highest BCUT2D eigenvalue weighted by Gasteiger charge is 2.04. The van der Waals surface area contributed by atoms with Crippen molar-refractivity contribution in [3.8, 4) is 0 Å². The van der Waals surface area contributed by atoms with Gasteiger partial charge in [0, 0.05) is 11.8 Å². The molecule has 0 bridgehead atoms. The molecule has 0 unspecified atom stereocenters. The monoisotopic (exact) mass is 180 g/mol. The molecule has 0 saturated heterocycles. The molecule has 0 amide bonds. The number of hydrogen-bond donors (Lipinski definition) is 1. The molecule has 0 spiro atoms. The van der Waals surface area contributed by atoms with Gasteiger partial charge in [-0.15, -0.1) is 0 Å². The van der Waals surface area contributed by atoms with Gasteiger partial charge in [-0.25, -0.2) is 9.36 Å². The van der Waals surface area contributed by atoms with Crippen molar-refractivity contribution >= 4 is 5.91 Å². The first-order chi connectivity index (χ1) is 6.06. The Morgan fingerprint density at radius 1 is 1.62 bits per heavy atom. The van der Waals surface area contributed by atoms with E-state index in [1.165, 1.54) is 13.1 Å². The topological polar surface area (TPSA) is 71.9 Å².